The van der Waals surface area contributed by atoms with Gasteiger partial charge in [0.25, 0.3) is 5.92 Å². The highest BCUT2D eigenvalue weighted by Gasteiger charge is 2.61. The average molecular weight is 270 g/mol. The number of carboxylic acids is 1. The molecule has 1 aliphatic rings. The van der Waals surface area contributed by atoms with Gasteiger partial charge in [-0.1, -0.05) is 24.3 Å². The van der Waals surface area contributed by atoms with Gasteiger partial charge in [0.2, 0.25) is 0 Å². The number of carboxylic acid groups (broad SMARTS) is 1. The lowest BCUT2D eigenvalue weighted by molar-refractivity contribution is -0.218. The van der Waals surface area contributed by atoms with Crippen molar-refractivity contribution in [3.8, 4) is 0 Å². The van der Waals surface area contributed by atoms with Crippen LogP contribution in [0.1, 0.15) is 17.5 Å². The Morgan fingerprint density at radius 2 is 2.11 bits per heavy atom. The number of hydrogen-bond donors (Lipinski definition) is 1. The van der Waals surface area contributed by atoms with Gasteiger partial charge >= 0.3 is 5.97 Å². The second-order valence-electron chi connectivity index (χ2n) is 5.00. The Labute approximate surface area is 110 Å². The third-order valence-electron chi connectivity index (χ3n) is 3.82. The summed E-state index contributed by atoms with van der Waals surface area (Å²) in [4.78, 5) is 11.5. The maximum atomic E-state index is 14.1. The van der Waals surface area contributed by atoms with E-state index >= 15 is 0 Å². The molecule has 1 fully saturated rings. The van der Waals surface area contributed by atoms with Gasteiger partial charge in [0.1, 0.15) is 12.0 Å². The van der Waals surface area contributed by atoms with Gasteiger partial charge in [-0.25, -0.2) is 8.78 Å². The van der Waals surface area contributed by atoms with Crippen LogP contribution >= 0.6 is 0 Å². The molecule has 0 aliphatic carbocycles. The maximum Gasteiger partial charge on any atom is 0.316 e. The number of halogens is 2. The molecule has 2 rings (SSSR count). The van der Waals surface area contributed by atoms with Crippen LogP contribution in [0.2, 0.25) is 0 Å². The fourth-order valence-corrected chi connectivity index (χ4v) is 2.46. The van der Waals surface area contributed by atoms with Crippen molar-refractivity contribution < 1.29 is 23.4 Å². The minimum absolute atomic E-state index is 0.0494. The third kappa shape index (κ3) is 2.34. The molecule has 104 valence electrons. The number of hydrogen-bond acceptors (Lipinski definition) is 2. The summed E-state index contributed by atoms with van der Waals surface area (Å²) in [6.45, 7) is 1.02. The van der Waals surface area contributed by atoms with E-state index < -0.39 is 23.9 Å². The van der Waals surface area contributed by atoms with Gasteiger partial charge in [-0.15, -0.1) is 0 Å². The topological polar surface area (TPSA) is 46.5 Å². The van der Waals surface area contributed by atoms with Gasteiger partial charge in [0, 0.05) is 6.61 Å². The zero-order valence-electron chi connectivity index (χ0n) is 10.7. The molecule has 1 saturated heterocycles. The van der Waals surface area contributed by atoms with Crippen molar-refractivity contribution in [1.29, 1.82) is 0 Å². The molecule has 3 nitrogen and oxygen atoms in total. The molecule has 0 spiro atoms. The van der Waals surface area contributed by atoms with E-state index in [0.717, 1.165) is 5.56 Å². The molecule has 1 aromatic rings. The first kappa shape index (κ1) is 13.9. The summed E-state index contributed by atoms with van der Waals surface area (Å²) in [5.74, 6) is -4.82. The molecule has 0 saturated carbocycles. The number of alkyl halides is 2. The van der Waals surface area contributed by atoms with E-state index in [1.807, 2.05) is 0 Å². The predicted octanol–water partition coefficient (Wildman–Crippen LogP) is 2.66. The standard InChI is InChI=1S/C14H16F2O3/c1-10-4-2-3-5-11(10)8-13(12(17)18)6-7-19-9-14(13,15)16/h2-5H,6-9H2,1H3,(H,17,18). The van der Waals surface area contributed by atoms with Crippen LogP contribution in [0.3, 0.4) is 0 Å². The molecule has 19 heavy (non-hydrogen) atoms. The summed E-state index contributed by atoms with van der Waals surface area (Å²) < 4.78 is 32.9. The monoisotopic (exact) mass is 270 g/mol. The quantitative estimate of drug-likeness (QED) is 0.918. The van der Waals surface area contributed by atoms with Gasteiger partial charge in [-0.05, 0) is 30.9 Å². The minimum Gasteiger partial charge on any atom is -0.481 e. The normalized spacial score (nSPS) is 26.1. The molecule has 1 unspecified atom stereocenters. The van der Waals surface area contributed by atoms with Crippen LogP contribution in [0.5, 0.6) is 0 Å². The first-order chi connectivity index (χ1) is 8.89. The van der Waals surface area contributed by atoms with E-state index in [2.05, 4.69) is 0 Å². The Morgan fingerprint density at radius 3 is 2.68 bits per heavy atom. The predicted molar refractivity (Wildman–Crippen MR) is 65.3 cm³/mol. The summed E-state index contributed by atoms with van der Waals surface area (Å²) in [6, 6.07) is 7.03. The summed E-state index contributed by atoms with van der Waals surface area (Å²) >= 11 is 0. The summed E-state index contributed by atoms with van der Waals surface area (Å²) in [6.07, 6.45) is -0.352. The Balaban J connectivity index is 2.41. The van der Waals surface area contributed by atoms with Crippen LogP contribution in [0, 0.1) is 12.3 Å². The molecular weight excluding hydrogens is 254 g/mol. The highest BCUT2D eigenvalue weighted by Crippen LogP contribution is 2.46. The van der Waals surface area contributed by atoms with E-state index in [9.17, 15) is 18.7 Å². The van der Waals surface area contributed by atoms with Crippen molar-refractivity contribution >= 4 is 5.97 Å². The van der Waals surface area contributed by atoms with Crippen LogP contribution in [-0.4, -0.2) is 30.2 Å². The lowest BCUT2D eigenvalue weighted by Gasteiger charge is -2.40. The number of rotatable bonds is 3. The molecule has 0 aromatic heterocycles. The lowest BCUT2D eigenvalue weighted by atomic mass is 9.72. The number of aliphatic carboxylic acids is 1. The highest BCUT2D eigenvalue weighted by atomic mass is 19.3. The van der Waals surface area contributed by atoms with Crippen LogP contribution in [0.4, 0.5) is 8.78 Å². The fraction of sp³-hybridized carbons (Fsp3) is 0.500. The van der Waals surface area contributed by atoms with Crippen LogP contribution < -0.4 is 0 Å². The van der Waals surface area contributed by atoms with E-state index in [0.29, 0.717) is 5.56 Å². The summed E-state index contributed by atoms with van der Waals surface area (Å²) in [7, 11) is 0. The molecule has 0 bridgehead atoms. The van der Waals surface area contributed by atoms with Gasteiger partial charge in [-0.3, -0.25) is 4.79 Å². The molecule has 1 aromatic carbocycles. The molecule has 5 heteroatoms. The first-order valence-corrected chi connectivity index (χ1v) is 6.12. The average Bonchev–Trinajstić information content (AvgIpc) is 2.34. The molecule has 1 aliphatic heterocycles. The number of carbonyl (C=O) groups is 1. The van der Waals surface area contributed by atoms with Crippen LogP contribution in [0.15, 0.2) is 24.3 Å². The third-order valence-corrected chi connectivity index (χ3v) is 3.82. The van der Waals surface area contributed by atoms with Gasteiger partial charge in [-0.2, -0.15) is 0 Å². The summed E-state index contributed by atoms with van der Waals surface area (Å²) in [5.41, 5.74) is -0.603. The second-order valence-corrected chi connectivity index (χ2v) is 5.00. The lowest BCUT2D eigenvalue weighted by Crippen LogP contribution is -2.55. The maximum absolute atomic E-state index is 14.1. The Bertz CT molecular complexity index is 487. The SMILES string of the molecule is Cc1ccccc1CC1(C(=O)O)CCOCC1(F)F. The molecule has 1 atom stereocenters. The first-order valence-electron chi connectivity index (χ1n) is 6.12. The van der Waals surface area contributed by atoms with Crippen molar-refractivity contribution in [3.05, 3.63) is 35.4 Å². The van der Waals surface area contributed by atoms with Crippen molar-refractivity contribution in [1.82, 2.24) is 0 Å². The van der Waals surface area contributed by atoms with Gasteiger partial charge in [0.05, 0.1) is 0 Å². The van der Waals surface area contributed by atoms with Crippen molar-refractivity contribution in [2.75, 3.05) is 13.2 Å². The van der Waals surface area contributed by atoms with Crippen molar-refractivity contribution in [2.45, 2.75) is 25.7 Å². The molecule has 1 N–H and O–H groups in total. The van der Waals surface area contributed by atoms with E-state index in [-0.39, 0.29) is 19.4 Å². The van der Waals surface area contributed by atoms with Gasteiger partial charge < -0.3 is 9.84 Å². The van der Waals surface area contributed by atoms with E-state index in [1.54, 1.807) is 31.2 Å². The highest BCUT2D eigenvalue weighted by molar-refractivity contribution is 5.77. The number of ether oxygens (including phenoxy) is 1. The van der Waals surface area contributed by atoms with Crippen molar-refractivity contribution in [2.24, 2.45) is 5.41 Å². The largest absolute Gasteiger partial charge is 0.481 e. The smallest absolute Gasteiger partial charge is 0.316 e. The van der Waals surface area contributed by atoms with Gasteiger partial charge in [0.15, 0.2) is 0 Å². The fourth-order valence-electron chi connectivity index (χ4n) is 2.46. The number of benzene rings is 1. The molecule has 0 radical (unpaired) electrons. The van der Waals surface area contributed by atoms with E-state index in [1.165, 1.54) is 0 Å². The van der Waals surface area contributed by atoms with E-state index in [4.69, 9.17) is 4.74 Å². The molecule has 1 heterocycles. The summed E-state index contributed by atoms with van der Waals surface area (Å²) in [5, 5.41) is 9.34. The van der Waals surface area contributed by atoms with Crippen LogP contribution in [0.25, 0.3) is 0 Å². The van der Waals surface area contributed by atoms with Crippen molar-refractivity contribution in [3.63, 3.8) is 0 Å². The molecule has 0 amide bonds. The Hall–Kier alpha value is -1.49. The Morgan fingerprint density at radius 1 is 1.42 bits per heavy atom. The van der Waals surface area contributed by atoms with Crippen LogP contribution in [-0.2, 0) is 16.0 Å². The Kier molecular flexibility index (Phi) is 3.58. The number of aryl methyl sites for hydroxylation is 1. The zero-order valence-corrected chi connectivity index (χ0v) is 10.7. The zero-order chi connectivity index (χ0) is 14.1. The molecular formula is C14H16F2O3. The minimum atomic E-state index is -3.36. The second kappa shape index (κ2) is 4.89.